The first-order chi connectivity index (χ1) is 4.97. The van der Waals surface area contributed by atoms with Gasteiger partial charge in [-0.15, -0.1) is 11.2 Å². The first kappa shape index (κ1) is 8.94. The van der Waals surface area contributed by atoms with Gasteiger partial charge in [-0.3, -0.25) is 0 Å². The van der Waals surface area contributed by atoms with Crippen LogP contribution in [0.15, 0.2) is 21.6 Å². The largest absolute Gasteiger partial charge is 0.456 e. The lowest BCUT2D eigenvalue weighted by molar-refractivity contribution is 0.450. The molecule has 0 saturated carbocycles. The highest BCUT2D eigenvalue weighted by Crippen LogP contribution is 2.29. The van der Waals surface area contributed by atoms with Crippen LogP contribution in [0.1, 0.15) is 5.76 Å². The van der Waals surface area contributed by atoms with Gasteiger partial charge in [-0.1, -0.05) is 19.6 Å². The Morgan fingerprint density at radius 2 is 1.91 bits per heavy atom. The molecule has 62 valence electrons. The smallest absolute Gasteiger partial charge is 0.154 e. The van der Waals surface area contributed by atoms with E-state index in [0.717, 1.165) is 10.9 Å². The monoisotopic (exact) mass is 186 g/mol. The third-order valence-corrected chi connectivity index (χ3v) is 4.60. The van der Waals surface area contributed by atoms with Gasteiger partial charge in [0.25, 0.3) is 0 Å². The maximum absolute atomic E-state index is 5.46. The Morgan fingerprint density at radius 3 is 2.27 bits per heavy atom. The van der Waals surface area contributed by atoms with Crippen molar-refractivity contribution in [1.82, 2.24) is 0 Å². The summed E-state index contributed by atoms with van der Waals surface area (Å²) in [6.45, 7) is 8.93. The molecule has 0 aromatic carbocycles. The van der Waals surface area contributed by atoms with E-state index in [2.05, 4.69) is 25.7 Å². The van der Waals surface area contributed by atoms with Crippen molar-refractivity contribution in [2.45, 2.75) is 31.7 Å². The summed E-state index contributed by atoms with van der Waals surface area (Å²) in [4.78, 5) is 0. The van der Waals surface area contributed by atoms with Crippen LogP contribution in [0, 0.1) is 6.92 Å². The predicted octanol–water partition coefficient (Wildman–Crippen LogP) is 3.52. The first-order valence-electron chi connectivity index (χ1n) is 3.73. The number of rotatable bonds is 2. The molecule has 0 bridgehead atoms. The molecule has 0 amide bonds. The van der Waals surface area contributed by atoms with Gasteiger partial charge < -0.3 is 4.42 Å². The number of hydrogen-bond donors (Lipinski definition) is 0. The Hall–Kier alpha value is -0.153. The maximum atomic E-state index is 5.46. The third kappa shape index (κ3) is 3.16. The summed E-state index contributed by atoms with van der Waals surface area (Å²) in [5, 5.41) is 1.07. The van der Waals surface area contributed by atoms with E-state index in [1.165, 1.54) is 0 Å². The lowest BCUT2D eigenvalue weighted by Crippen LogP contribution is -2.12. The molecule has 1 rings (SSSR count). The fourth-order valence-corrected chi connectivity index (χ4v) is 3.82. The van der Waals surface area contributed by atoms with E-state index in [4.69, 9.17) is 4.42 Å². The molecule has 0 aliphatic rings. The fraction of sp³-hybridized carbons (Fsp3) is 0.500. The molecule has 0 radical (unpaired) electrons. The predicted molar refractivity (Wildman–Crippen MR) is 52.6 cm³/mol. The minimum Gasteiger partial charge on any atom is -0.456 e. The van der Waals surface area contributed by atoms with E-state index >= 15 is 0 Å². The maximum Gasteiger partial charge on any atom is 0.154 e. The molecule has 0 saturated heterocycles. The quantitative estimate of drug-likeness (QED) is 0.656. The highest BCUT2D eigenvalue weighted by Gasteiger charge is 2.16. The van der Waals surface area contributed by atoms with Crippen LogP contribution in [-0.4, -0.2) is 7.22 Å². The molecule has 0 N–H and O–H groups in total. The van der Waals surface area contributed by atoms with Crippen molar-refractivity contribution in [2.75, 3.05) is 0 Å². The molecule has 3 heteroatoms. The average Bonchev–Trinajstić information content (AvgIpc) is 2.10. The van der Waals surface area contributed by atoms with Crippen molar-refractivity contribution < 1.29 is 4.42 Å². The van der Waals surface area contributed by atoms with Crippen molar-refractivity contribution in [3.05, 3.63) is 17.9 Å². The summed E-state index contributed by atoms with van der Waals surface area (Å²) in [5.74, 6) is 1.01. The van der Waals surface area contributed by atoms with Crippen LogP contribution in [-0.2, 0) is 0 Å². The van der Waals surface area contributed by atoms with E-state index in [0.29, 0.717) is 0 Å². The second kappa shape index (κ2) is 3.07. The lowest BCUT2D eigenvalue weighted by Gasteiger charge is -2.11. The van der Waals surface area contributed by atoms with Gasteiger partial charge in [0.2, 0.25) is 0 Å². The zero-order chi connectivity index (χ0) is 8.48. The van der Waals surface area contributed by atoms with E-state index in [1.807, 2.05) is 24.2 Å². The molecule has 0 aliphatic carbocycles. The topological polar surface area (TPSA) is 13.1 Å². The second-order valence-corrected chi connectivity index (χ2v) is 12.7. The normalized spacial score (nSPS) is 12.0. The second-order valence-electron chi connectivity index (χ2n) is 3.58. The van der Waals surface area contributed by atoms with E-state index < -0.39 is 7.22 Å². The molecule has 1 aromatic rings. The zero-order valence-electron chi connectivity index (χ0n) is 7.47. The Bertz CT molecular complexity index is 236. The van der Waals surface area contributed by atoms with Crippen molar-refractivity contribution in [1.29, 1.82) is 0 Å². The molecule has 1 nitrogen and oxygen atoms in total. The highest BCUT2D eigenvalue weighted by atomic mass is 32.4. The summed E-state index contributed by atoms with van der Waals surface area (Å²) >= 11 is 1.89. The van der Waals surface area contributed by atoms with Crippen molar-refractivity contribution in [3.8, 4) is 0 Å². The standard InChI is InChI=1S/C8H14OSSi/c1-7-5-6-8(9-7)10-11(2,3)4/h5-6H,1-4H3. The Kier molecular flexibility index (Phi) is 2.49. The SMILES string of the molecule is Cc1ccc(S[Si](C)(C)C)o1. The molecular weight excluding hydrogens is 172 g/mol. The Morgan fingerprint density at radius 1 is 1.27 bits per heavy atom. The van der Waals surface area contributed by atoms with Gasteiger partial charge in [0.1, 0.15) is 13.0 Å². The molecule has 11 heavy (non-hydrogen) atoms. The van der Waals surface area contributed by atoms with Gasteiger partial charge in [0.15, 0.2) is 5.09 Å². The molecular formula is C8H14OSSi. The van der Waals surface area contributed by atoms with Gasteiger partial charge in [-0.05, 0) is 19.1 Å². The van der Waals surface area contributed by atoms with Crippen LogP contribution in [0.25, 0.3) is 0 Å². The Labute approximate surface area is 72.8 Å². The molecule has 1 aromatic heterocycles. The Balaban J connectivity index is 2.65. The van der Waals surface area contributed by atoms with Crippen LogP contribution in [0.4, 0.5) is 0 Å². The van der Waals surface area contributed by atoms with Gasteiger partial charge in [0.05, 0.1) is 0 Å². The molecule has 0 aliphatic heterocycles. The van der Waals surface area contributed by atoms with Gasteiger partial charge in [-0.25, -0.2) is 0 Å². The summed E-state index contributed by atoms with van der Waals surface area (Å²) in [6.07, 6.45) is 0. The van der Waals surface area contributed by atoms with Crippen molar-refractivity contribution in [2.24, 2.45) is 0 Å². The minimum absolute atomic E-state index is 1.01. The molecule has 0 unspecified atom stereocenters. The average molecular weight is 186 g/mol. The van der Waals surface area contributed by atoms with E-state index in [-0.39, 0.29) is 0 Å². The lowest BCUT2D eigenvalue weighted by atomic mass is 10.5. The zero-order valence-corrected chi connectivity index (χ0v) is 9.29. The van der Waals surface area contributed by atoms with E-state index in [1.54, 1.807) is 0 Å². The fourth-order valence-electron chi connectivity index (χ4n) is 0.769. The summed E-state index contributed by atoms with van der Waals surface area (Å²) in [6, 6.07) is 4.07. The van der Waals surface area contributed by atoms with Crippen molar-refractivity contribution in [3.63, 3.8) is 0 Å². The third-order valence-electron chi connectivity index (χ3n) is 1.12. The summed E-state index contributed by atoms with van der Waals surface area (Å²) < 4.78 is 5.46. The summed E-state index contributed by atoms with van der Waals surface area (Å²) in [7, 11) is -1.06. The van der Waals surface area contributed by atoms with Crippen molar-refractivity contribution >= 4 is 18.4 Å². The highest BCUT2D eigenvalue weighted by molar-refractivity contribution is 8.28. The van der Waals surface area contributed by atoms with Crippen LogP contribution in [0.2, 0.25) is 19.6 Å². The van der Waals surface area contributed by atoms with Gasteiger partial charge >= 0.3 is 0 Å². The van der Waals surface area contributed by atoms with Crippen LogP contribution >= 0.6 is 11.2 Å². The van der Waals surface area contributed by atoms with Gasteiger partial charge in [-0.2, -0.15) is 0 Å². The minimum atomic E-state index is -1.06. The number of furan rings is 1. The van der Waals surface area contributed by atoms with E-state index in [9.17, 15) is 0 Å². The van der Waals surface area contributed by atoms with Gasteiger partial charge in [0, 0.05) is 0 Å². The molecule has 0 spiro atoms. The van der Waals surface area contributed by atoms with Crippen LogP contribution < -0.4 is 0 Å². The summed E-state index contributed by atoms with van der Waals surface area (Å²) in [5.41, 5.74) is 0. The van der Waals surface area contributed by atoms with Crippen LogP contribution in [0.5, 0.6) is 0 Å². The number of aryl methyl sites for hydroxylation is 1. The first-order valence-corrected chi connectivity index (χ1v) is 8.77. The molecule has 0 fully saturated rings. The number of hydrogen-bond acceptors (Lipinski definition) is 2. The molecule has 1 heterocycles. The van der Waals surface area contributed by atoms with Crippen LogP contribution in [0.3, 0.4) is 0 Å². The molecule has 0 atom stereocenters.